The van der Waals surface area contributed by atoms with Gasteiger partial charge in [-0.25, -0.2) is 0 Å². The number of nitrogens with zero attached hydrogens (tertiary/aromatic N) is 1. The average molecular weight is 368 g/mol. The highest BCUT2D eigenvalue weighted by atomic mass is 16.5. The van der Waals surface area contributed by atoms with Gasteiger partial charge in [0, 0.05) is 24.6 Å². The second-order valence-electron chi connectivity index (χ2n) is 9.01. The molecule has 1 saturated heterocycles. The molecular weight excluding hydrogens is 344 g/mol. The highest BCUT2D eigenvalue weighted by molar-refractivity contribution is 5.91. The summed E-state index contributed by atoms with van der Waals surface area (Å²) in [6, 6.07) is 3.95. The minimum absolute atomic E-state index is 0.0365. The Morgan fingerprint density at radius 1 is 1.33 bits per heavy atom. The lowest BCUT2D eigenvalue weighted by molar-refractivity contribution is -0.188. The van der Waals surface area contributed by atoms with Crippen molar-refractivity contribution in [3.05, 3.63) is 23.3 Å². The van der Waals surface area contributed by atoms with Crippen molar-refractivity contribution in [1.82, 2.24) is 4.90 Å². The van der Waals surface area contributed by atoms with Gasteiger partial charge in [-0.1, -0.05) is 6.07 Å². The number of benzene rings is 1. The highest BCUT2D eigenvalue weighted by Crippen LogP contribution is 2.64. The summed E-state index contributed by atoms with van der Waals surface area (Å²) in [5.74, 6) is 1.45. The van der Waals surface area contributed by atoms with E-state index < -0.39 is 17.1 Å². The van der Waals surface area contributed by atoms with Gasteiger partial charge in [-0.3, -0.25) is 14.5 Å². The van der Waals surface area contributed by atoms with Crippen molar-refractivity contribution < 1.29 is 19.4 Å². The SMILES string of the molecule is O=CNc1ccc2c3c1O[C@H]1C(=O)CC[C@@]4(O)[C@@H](C2)N(CC2CC2)CC[C@]314. The molecule has 3 aliphatic carbocycles. The van der Waals surface area contributed by atoms with Crippen molar-refractivity contribution in [2.24, 2.45) is 5.92 Å². The number of rotatable bonds is 4. The molecule has 0 aromatic heterocycles. The Hall–Kier alpha value is -1.92. The summed E-state index contributed by atoms with van der Waals surface area (Å²) < 4.78 is 6.22. The van der Waals surface area contributed by atoms with Gasteiger partial charge in [0.15, 0.2) is 11.9 Å². The van der Waals surface area contributed by atoms with Crippen LogP contribution in [0.15, 0.2) is 12.1 Å². The normalized spacial score (nSPS) is 38.9. The smallest absolute Gasteiger partial charge is 0.211 e. The monoisotopic (exact) mass is 368 g/mol. The number of hydrogen-bond donors (Lipinski definition) is 2. The van der Waals surface area contributed by atoms with E-state index >= 15 is 0 Å². The van der Waals surface area contributed by atoms with E-state index in [4.69, 9.17) is 4.74 Å². The number of piperidine rings is 1. The predicted octanol–water partition coefficient (Wildman–Crippen LogP) is 1.39. The topological polar surface area (TPSA) is 78.9 Å². The molecule has 2 bridgehead atoms. The second-order valence-corrected chi connectivity index (χ2v) is 9.01. The first-order valence-electron chi connectivity index (χ1n) is 10.1. The van der Waals surface area contributed by atoms with Crippen LogP contribution in [0.1, 0.15) is 43.2 Å². The maximum Gasteiger partial charge on any atom is 0.211 e. The van der Waals surface area contributed by atoms with Crippen molar-refractivity contribution in [3.8, 4) is 5.75 Å². The zero-order valence-corrected chi connectivity index (χ0v) is 15.2. The van der Waals surface area contributed by atoms with Crippen molar-refractivity contribution in [2.75, 3.05) is 18.4 Å². The van der Waals surface area contributed by atoms with Gasteiger partial charge in [-0.15, -0.1) is 0 Å². The number of likely N-dealkylation sites (tertiary alicyclic amines) is 1. The summed E-state index contributed by atoms with van der Waals surface area (Å²) in [7, 11) is 0. The van der Waals surface area contributed by atoms with Gasteiger partial charge in [0.05, 0.1) is 16.7 Å². The quantitative estimate of drug-likeness (QED) is 0.786. The third-order valence-electron chi connectivity index (χ3n) is 7.79. The summed E-state index contributed by atoms with van der Waals surface area (Å²) in [6.45, 7) is 1.94. The third-order valence-corrected chi connectivity index (χ3v) is 7.79. The Morgan fingerprint density at radius 3 is 2.96 bits per heavy atom. The van der Waals surface area contributed by atoms with Crippen LogP contribution in [0.2, 0.25) is 0 Å². The molecule has 2 heterocycles. The molecule has 5 aliphatic rings. The van der Waals surface area contributed by atoms with Crippen molar-refractivity contribution in [1.29, 1.82) is 0 Å². The van der Waals surface area contributed by atoms with Gasteiger partial charge >= 0.3 is 0 Å². The minimum atomic E-state index is -0.948. The molecule has 2 aliphatic heterocycles. The van der Waals surface area contributed by atoms with Crippen LogP contribution < -0.4 is 10.1 Å². The molecule has 1 spiro atoms. The van der Waals surface area contributed by atoms with Gasteiger partial charge in [0.2, 0.25) is 6.41 Å². The van der Waals surface area contributed by atoms with E-state index in [1.54, 1.807) is 0 Å². The van der Waals surface area contributed by atoms with Crippen molar-refractivity contribution in [2.45, 2.75) is 61.7 Å². The lowest BCUT2D eigenvalue weighted by Gasteiger charge is -2.62. The number of nitrogens with one attached hydrogen (secondary N) is 1. The number of Topliss-reactive ketones (excluding diaryl/α,β-unsaturated/α-hetero) is 1. The lowest BCUT2D eigenvalue weighted by Crippen LogP contribution is -2.76. The number of hydrogen-bond acceptors (Lipinski definition) is 5. The summed E-state index contributed by atoms with van der Waals surface area (Å²) in [5.41, 5.74) is 1.13. The van der Waals surface area contributed by atoms with Crippen LogP contribution in [-0.2, 0) is 21.4 Å². The number of ether oxygens (including phenoxy) is 1. The van der Waals surface area contributed by atoms with Gasteiger partial charge < -0.3 is 15.2 Å². The Bertz CT molecular complexity index is 866. The van der Waals surface area contributed by atoms with E-state index in [9.17, 15) is 14.7 Å². The van der Waals surface area contributed by atoms with Gasteiger partial charge in [0.1, 0.15) is 5.75 Å². The van der Waals surface area contributed by atoms with Crippen molar-refractivity contribution in [3.63, 3.8) is 0 Å². The number of anilines is 1. The first-order chi connectivity index (χ1) is 13.1. The number of carbonyl (C=O) groups excluding carboxylic acids is 2. The molecule has 0 unspecified atom stereocenters. The molecule has 6 nitrogen and oxygen atoms in total. The van der Waals surface area contributed by atoms with Crippen LogP contribution in [0.25, 0.3) is 0 Å². The highest BCUT2D eigenvalue weighted by Gasteiger charge is 2.73. The fourth-order valence-electron chi connectivity index (χ4n) is 6.45. The van der Waals surface area contributed by atoms with Crippen LogP contribution in [-0.4, -0.2) is 53.0 Å². The summed E-state index contributed by atoms with van der Waals surface area (Å²) in [4.78, 5) is 26.4. The predicted molar refractivity (Wildman–Crippen MR) is 97.8 cm³/mol. The first kappa shape index (κ1) is 16.1. The molecule has 1 aromatic carbocycles. The summed E-state index contributed by atoms with van der Waals surface area (Å²) >= 11 is 0. The first-order valence-corrected chi connectivity index (χ1v) is 10.1. The Kier molecular flexibility index (Phi) is 3.04. The Balaban J connectivity index is 1.56. The summed E-state index contributed by atoms with van der Waals surface area (Å²) in [5, 5.41) is 14.8. The van der Waals surface area contributed by atoms with E-state index in [1.165, 1.54) is 12.8 Å². The summed E-state index contributed by atoms with van der Waals surface area (Å²) in [6.07, 6.45) is 4.95. The fraction of sp³-hybridized carbons (Fsp3) is 0.619. The number of carbonyl (C=O) groups is 2. The van der Waals surface area contributed by atoms with Gasteiger partial charge in [-0.2, -0.15) is 0 Å². The minimum Gasteiger partial charge on any atom is -0.479 e. The molecule has 1 amide bonds. The van der Waals surface area contributed by atoms with Crippen LogP contribution in [0.4, 0.5) is 5.69 Å². The Morgan fingerprint density at radius 2 is 2.19 bits per heavy atom. The Labute approximate surface area is 157 Å². The molecule has 27 heavy (non-hydrogen) atoms. The van der Waals surface area contributed by atoms with E-state index in [1.807, 2.05) is 12.1 Å². The maximum atomic E-state index is 12.9. The third kappa shape index (κ3) is 1.83. The zero-order valence-electron chi connectivity index (χ0n) is 15.2. The van der Waals surface area contributed by atoms with Crippen molar-refractivity contribution >= 4 is 17.9 Å². The molecule has 4 atom stereocenters. The van der Waals surface area contributed by atoms with Gasteiger partial charge in [-0.05, 0) is 56.2 Å². The number of ketones is 1. The second kappa shape index (κ2) is 5.11. The molecule has 2 N–H and O–H groups in total. The molecular formula is C21H24N2O4. The molecule has 6 heteroatoms. The van der Waals surface area contributed by atoms with E-state index in [0.717, 1.165) is 43.0 Å². The van der Waals surface area contributed by atoms with Crippen LogP contribution in [0.5, 0.6) is 5.75 Å². The fourth-order valence-corrected chi connectivity index (χ4v) is 6.45. The molecule has 3 fully saturated rings. The largest absolute Gasteiger partial charge is 0.479 e. The van der Waals surface area contributed by atoms with E-state index in [-0.39, 0.29) is 11.8 Å². The number of amides is 1. The zero-order chi connectivity index (χ0) is 18.4. The molecule has 6 rings (SSSR count). The van der Waals surface area contributed by atoms with E-state index in [0.29, 0.717) is 30.7 Å². The lowest BCUT2D eigenvalue weighted by atomic mass is 9.49. The van der Waals surface area contributed by atoms with Crippen LogP contribution >= 0.6 is 0 Å². The molecule has 0 radical (unpaired) electrons. The number of aliphatic hydroxyl groups is 1. The maximum absolute atomic E-state index is 12.9. The van der Waals surface area contributed by atoms with Crippen LogP contribution in [0.3, 0.4) is 0 Å². The van der Waals surface area contributed by atoms with Crippen LogP contribution in [0, 0.1) is 5.92 Å². The molecule has 1 aromatic rings. The average Bonchev–Trinajstić information content (AvgIpc) is 3.39. The standard InChI is InChI=1S/C21H24N2O4/c24-11-22-14-4-3-13-9-16-21(26)6-5-15(25)19-20(21,17(13)18(14)27-19)7-8-23(16)10-12-1-2-12/h3-4,11-12,16,19,26H,1-2,5-10H2,(H,22,24)/t16-,19+,20+,21-/m1/s1. The molecule has 2 saturated carbocycles. The van der Waals surface area contributed by atoms with E-state index in [2.05, 4.69) is 10.2 Å². The van der Waals surface area contributed by atoms with Gasteiger partial charge in [0.25, 0.3) is 0 Å². The molecule has 142 valence electrons.